The van der Waals surface area contributed by atoms with Crippen LogP contribution in [0.25, 0.3) is 0 Å². The minimum Gasteiger partial charge on any atom is -0.464 e. The van der Waals surface area contributed by atoms with E-state index in [2.05, 4.69) is 33.9 Å². The highest BCUT2D eigenvalue weighted by molar-refractivity contribution is 6.74. The van der Waals surface area contributed by atoms with E-state index in [9.17, 15) is 9.90 Å². The second kappa shape index (κ2) is 7.22. The molecule has 2 atom stereocenters. The van der Waals surface area contributed by atoms with Crippen LogP contribution in [0, 0.1) is 0 Å². The van der Waals surface area contributed by atoms with Gasteiger partial charge in [0.05, 0.1) is 6.61 Å². The Balaban J connectivity index is 4.99. The number of ether oxygens (including phenoxy) is 1. The standard InChI is InChI=1S/C14H28O4Si/c1-8-10-11(12(15)13(16)17-9-2)18-19(6,7)14(3,4)5/h8,10-12,15H,9H2,1-7H3/b10-8+/t11-,12-/m1/s1. The Morgan fingerprint density at radius 1 is 1.37 bits per heavy atom. The van der Waals surface area contributed by atoms with Gasteiger partial charge in [-0.15, -0.1) is 0 Å². The molecule has 0 aromatic heterocycles. The van der Waals surface area contributed by atoms with Gasteiger partial charge in [-0.05, 0) is 32.0 Å². The van der Waals surface area contributed by atoms with Crippen LogP contribution in [0.2, 0.25) is 18.1 Å². The quantitative estimate of drug-likeness (QED) is 0.464. The van der Waals surface area contributed by atoms with E-state index < -0.39 is 26.5 Å². The molecule has 0 aliphatic carbocycles. The molecule has 0 heterocycles. The average molecular weight is 288 g/mol. The molecule has 0 saturated heterocycles. The molecule has 0 aliphatic heterocycles. The van der Waals surface area contributed by atoms with Crippen LogP contribution in [0.15, 0.2) is 12.2 Å². The number of aliphatic hydroxyl groups is 1. The van der Waals surface area contributed by atoms with Crippen molar-refractivity contribution in [2.45, 2.75) is 65.0 Å². The highest BCUT2D eigenvalue weighted by atomic mass is 28.4. The van der Waals surface area contributed by atoms with Gasteiger partial charge in [0, 0.05) is 0 Å². The van der Waals surface area contributed by atoms with Crippen molar-refractivity contribution in [2.24, 2.45) is 0 Å². The maximum absolute atomic E-state index is 11.6. The number of carbonyl (C=O) groups excluding carboxylic acids is 1. The summed E-state index contributed by atoms with van der Waals surface area (Å²) in [6.07, 6.45) is 1.57. The molecule has 1 N–H and O–H groups in total. The smallest absolute Gasteiger partial charge is 0.338 e. The fourth-order valence-electron chi connectivity index (χ4n) is 1.28. The Kier molecular flexibility index (Phi) is 6.97. The van der Waals surface area contributed by atoms with Gasteiger partial charge in [0.25, 0.3) is 0 Å². The predicted molar refractivity (Wildman–Crippen MR) is 79.5 cm³/mol. The van der Waals surface area contributed by atoms with Gasteiger partial charge >= 0.3 is 5.97 Å². The first-order chi connectivity index (χ1) is 8.56. The molecule has 19 heavy (non-hydrogen) atoms. The van der Waals surface area contributed by atoms with Crippen molar-refractivity contribution in [1.29, 1.82) is 0 Å². The summed E-state index contributed by atoms with van der Waals surface area (Å²) < 4.78 is 10.9. The molecule has 0 saturated carbocycles. The first kappa shape index (κ1) is 18.3. The summed E-state index contributed by atoms with van der Waals surface area (Å²) in [5.74, 6) is -0.635. The van der Waals surface area contributed by atoms with Gasteiger partial charge in [0.2, 0.25) is 0 Å². The molecule has 0 rings (SSSR count). The lowest BCUT2D eigenvalue weighted by Crippen LogP contribution is -2.48. The summed E-state index contributed by atoms with van der Waals surface area (Å²) in [6, 6.07) is 0. The number of carbonyl (C=O) groups is 1. The van der Waals surface area contributed by atoms with E-state index in [0.29, 0.717) is 0 Å². The SMILES string of the molecule is C/C=C/[C@@H](O[Si](C)(C)C(C)(C)C)[C@@H](O)C(=O)OCC. The van der Waals surface area contributed by atoms with Crippen LogP contribution >= 0.6 is 0 Å². The summed E-state index contributed by atoms with van der Waals surface area (Å²) in [4.78, 5) is 11.6. The molecule has 0 fully saturated rings. The summed E-state index contributed by atoms with van der Waals surface area (Å²) in [5.41, 5.74) is 0. The second-order valence-corrected chi connectivity index (χ2v) is 10.8. The lowest BCUT2D eigenvalue weighted by molar-refractivity contribution is -0.156. The van der Waals surface area contributed by atoms with E-state index in [1.165, 1.54) is 0 Å². The van der Waals surface area contributed by atoms with Gasteiger partial charge in [0.1, 0.15) is 6.10 Å². The van der Waals surface area contributed by atoms with Crippen molar-refractivity contribution < 1.29 is 19.1 Å². The van der Waals surface area contributed by atoms with E-state index in [4.69, 9.17) is 9.16 Å². The Bertz CT molecular complexity index is 318. The number of aliphatic hydroxyl groups excluding tert-OH is 1. The number of rotatable bonds is 6. The molecule has 0 unspecified atom stereocenters. The summed E-state index contributed by atoms with van der Waals surface area (Å²) in [5, 5.41) is 10.1. The molecule has 0 spiro atoms. The van der Waals surface area contributed by atoms with Crippen molar-refractivity contribution in [2.75, 3.05) is 6.61 Å². The van der Waals surface area contributed by atoms with E-state index in [1.807, 2.05) is 6.92 Å². The molecule has 0 aliphatic rings. The number of allylic oxidation sites excluding steroid dienone is 1. The van der Waals surface area contributed by atoms with Crippen LogP contribution in [0.4, 0.5) is 0 Å². The van der Waals surface area contributed by atoms with Crippen molar-refractivity contribution >= 4 is 14.3 Å². The van der Waals surface area contributed by atoms with Crippen molar-refractivity contribution in [3.05, 3.63) is 12.2 Å². The highest BCUT2D eigenvalue weighted by Gasteiger charge is 2.41. The van der Waals surface area contributed by atoms with Crippen LogP contribution in [0.1, 0.15) is 34.6 Å². The largest absolute Gasteiger partial charge is 0.464 e. The Morgan fingerprint density at radius 3 is 2.26 bits per heavy atom. The first-order valence-electron chi connectivity index (χ1n) is 6.72. The number of hydrogen-bond donors (Lipinski definition) is 1. The monoisotopic (exact) mass is 288 g/mol. The third-order valence-electron chi connectivity index (χ3n) is 3.46. The summed E-state index contributed by atoms with van der Waals surface area (Å²) in [6.45, 7) is 14.3. The third-order valence-corrected chi connectivity index (χ3v) is 7.93. The van der Waals surface area contributed by atoms with E-state index in [0.717, 1.165) is 0 Å². The molecule has 0 amide bonds. The average Bonchev–Trinajstić information content (AvgIpc) is 2.26. The molecule has 0 bridgehead atoms. The van der Waals surface area contributed by atoms with Crippen molar-refractivity contribution in [1.82, 2.24) is 0 Å². The molecular formula is C14H28O4Si. The van der Waals surface area contributed by atoms with Crippen LogP contribution in [-0.2, 0) is 14.0 Å². The minimum atomic E-state index is -2.06. The topological polar surface area (TPSA) is 55.8 Å². The van der Waals surface area contributed by atoms with Gasteiger partial charge in [0.15, 0.2) is 14.4 Å². The van der Waals surface area contributed by atoms with E-state index >= 15 is 0 Å². The van der Waals surface area contributed by atoms with E-state index in [-0.39, 0.29) is 11.6 Å². The van der Waals surface area contributed by atoms with Crippen LogP contribution in [-0.4, -0.2) is 38.2 Å². The molecule has 0 aromatic rings. The first-order valence-corrected chi connectivity index (χ1v) is 9.63. The normalized spacial score (nSPS) is 16.4. The zero-order chi connectivity index (χ0) is 15.3. The third kappa shape index (κ3) is 5.46. The zero-order valence-electron chi connectivity index (χ0n) is 13.2. The summed E-state index contributed by atoms with van der Waals surface area (Å²) >= 11 is 0. The van der Waals surface area contributed by atoms with Gasteiger partial charge in [-0.1, -0.05) is 32.9 Å². The fraction of sp³-hybridized carbons (Fsp3) is 0.786. The predicted octanol–water partition coefficient (Wildman–Crippen LogP) is 2.88. The maximum atomic E-state index is 11.6. The fourth-order valence-corrected chi connectivity index (χ4v) is 2.52. The van der Waals surface area contributed by atoms with Crippen LogP contribution in [0.3, 0.4) is 0 Å². The molecule has 0 aromatic carbocycles. The summed E-state index contributed by atoms with van der Waals surface area (Å²) in [7, 11) is -2.06. The Morgan fingerprint density at radius 2 is 1.89 bits per heavy atom. The van der Waals surface area contributed by atoms with Gasteiger partial charge < -0.3 is 14.3 Å². The molecule has 0 radical (unpaired) electrons. The maximum Gasteiger partial charge on any atom is 0.338 e. The van der Waals surface area contributed by atoms with Crippen LogP contribution in [0.5, 0.6) is 0 Å². The lowest BCUT2D eigenvalue weighted by Gasteiger charge is -2.39. The van der Waals surface area contributed by atoms with Gasteiger partial charge in [-0.2, -0.15) is 0 Å². The lowest BCUT2D eigenvalue weighted by atomic mass is 10.2. The molecule has 4 nitrogen and oxygen atoms in total. The van der Waals surface area contributed by atoms with Gasteiger partial charge in [-0.3, -0.25) is 0 Å². The van der Waals surface area contributed by atoms with Crippen molar-refractivity contribution in [3.63, 3.8) is 0 Å². The minimum absolute atomic E-state index is 0.0151. The Hall–Kier alpha value is -0.653. The highest BCUT2D eigenvalue weighted by Crippen LogP contribution is 2.37. The van der Waals surface area contributed by atoms with Crippen LogP contribution < -0.4 is 0 Å². The Labute approximate surface area is 117 Å². The zero-order valence-corrected chi connectivity index (χ0v) is 14.2. The van der Waals surface area contributed by atoms with E-state index in [1.54, 1.807) is 19.1 Å². The molecular weight excluding hydrogens is 260 g/mol. The van der Waals surface area contributed by atoms with Gasteiger partial charge in [-0.25, -0.2) is 4.79 Å². The number of hydrogen-bond acceptors (Lipinski definition) is 4. The molecule has 5 heteroatoms. The van der Waals surface area contributed by atoms with Crippen molar-refractivity contribution in [3.8, 4) is 0 Å². The second-order valence-electron chi connectivity index (χ2n) is 6.07. The molecule has 112 valence electrons. The number of esters is 1.